The molecule has 1 saturated carbocycles. The summed E-state index contributed by atoms with van der Waals surface area (Å²) in [6, 6.07) is 1.77. The summed E-state index contributed by atoms with van der Waals surface area (Å²) < 4.78 is 10.5. The third-order valence-corrected chi connectivity index (χ3v) is 4.22. The van der Waals surface area contributed by atoms with Gasteiger partial charge in [-0.1, -0.05) is 24.2 Å². The van der Waals surface area contributed by atoms with Crippen molar-refractivity contribution in [3.05, 3.63) is 29.2 Å². The van der Waals surface area contributed by atoms with Crippen LogP contribution in [0.2, 0.25) is 0 Å². The summed E-state index contributed by atoms with van der Waals surface area (Å²) in [4.78, 5) is 18.4. The number of aromatic nitrogens is 3. The number of likely N-dealkylation sites (tertiary alicyclic amines) is 1. The third-order valence-electron chi connectivity index (χ3n) is 4.22. The van der Waals surface area contributed by atoms with Crippen LogP contribution in [0.25, 0.3) is 0 Å². The molecule has 0 radical (unpaired) electrons. The molecule has 0 N–H and O–H groups in total. The van der Waals surface area contributed by atoms with Crippen molar-refractivity contribution in [2.45, 2.75) is 44.4 Å². The lowest BCUT2D eigenvalue weighted by molar-refractivity contribution is 0.0558. The van der Waals surface area contributed by atoms with Gasteiger partial charge in [0.05, 0.1) is 5.92 Å². The molecular weight excluding hydrogens is 284 g/mol. The predicted octanol–water partition coefficient (Wildman–Crippen LogP) is 2.30. The smallest absolute Gasteiger partial charge is 0.276 e. The van der Waals surface area contributed by atoms with Crippen molar-refractivity contribution in [1.82, 2.24) is 20.2 Å². The van der Waals surface area contributed by atoms with Gasteiger partial charge in [-0.25, -0.2) is 0 Å². The predicted molar refractivity (Wildman–Crippen MR) is 75.5 cm³/mol. The van der Waals surface area contributed by atoms with E-state index in [9.17, 15) is 4.79 Å². The van der Waals surface area contributed by atoms with Gasteiger partial charge in [0.2, 0.25) is 5.89 Å². The molecule has 1 saturated heterocycles. The number of hydrogen-bond acceptors (Lipinski definition) is 6. The number of nitrogens with zero attached hydrogens (tertiary/aromatic N) is 4. The Balaban J connectivity index is 1.38. The van der Waals surface area contributed by atoms with E-state index in [2.05, 4.69) is 15.3 Å². The van der Waals surface area contributed by atoms with Crippen LogP contribution in [0.15, 0.2) is 15.1 Å². The second-order valence-electron chi connectivity index (χ2n) is 6.44. The first-order valence-electron chi connectivity index (χ1n) is 7.71. The van der Waals surface area contributed by atoms with Gasteiger partial charge in [0.15, 0.2) is 11.5 Å². The molecule has 3 heterocycles. The number of carbonyl (C=O) groups is 1. The van der Waals surface area contributed by atoms with Gasteiger partial charge in [0.1, 0.15) is 5.76 Å². The van der Waals surface area contributed by atoms with Crippen LogP contribution in [0.3, 0.4) is 0 Å². The third kappa shape index (κ3) is 2.30. The Morgan fingerprint density at radius 2 is 2.00 bits per heavy atom. The van der Waals surface area contributed by atoms with Crippen LogP contribution in [-0.4, -0.2) is 39.2 Å². The molecule has 7 heteroatoms. The van der Waals surface area contributed by atoms with E-state index in [1.165, 1.54) is 0 Å². The molecule has 1 amide bonds. The van der Waals surface area contributed by atoms with Crippen molar-refractivity contribution in [1.29, 1.82) is 0 Å². The highest BCUT2D eigenvalue weighted by molar-refractivity contribution is 5.93. The zero-order valence-corrected chi connectivity index (χ0v) is 12.7. The molecule has 22 heavy (non-hydrogen) atoms. The Hall–Kier alpha value is -2.18. The van der Waals surface area contributed by atoms with Crippen LogP contribution in [0.4, 0.5) is 0 Å². The van der Waals surface area contributed by atoms with Crippen molar-refractivity contribution < 1.29 is 13.8 Å². The summed E-state index contributed by atoms with van der Waals surface area (Å²) in [5.41, 5.74) is 0.397. The molecule has 0 atom stereocenters. The summed E-state index contributed by atoms with van der Waals surface area (Å²) in [5.74, 6) is 2.91. The first-order valence-corrected chi connectivity index (χ1v) is 7.71. The number of carbonyl (C=O) groups excluding carboxylic acids is 1. The minimum absolute atomic E-state index is 0.0875. The second kappa shape index (κ2) is 4.93. The van der Waals surface area contributed by atoms with Crippen LogP contribution in [0, 0.1) is 0 Å². The van der Waals surface area contributed by atoms with Gasteiger partial charge in [-0.2, -0.15) is 4.98 Å². The van der Waals surface area contributed by atoms with Gasteiger partial charge >= 0.3 is 0 Å². The topological polar surface area (TPSA) is 85.3 Å². The van der Waals surface area contributed by atoms with E-state index < -0.39 is 0 Å². The fourth-order valence-corrected chi connectivity index (χ4v) is 2.56. The van der Waals surface area contributed by atoms with Gasteiger partial charge < -0.3 is 13.9 Å². The highest BCUT2D eigenvalue weighted by Crippen LogP contribution is 2.40. The number of hydrogen-bond donors (Lipinski definition) is 0. The number of rotatable bonds is 4. The highest BCUT2D eigenvalue weighted by atomic mass is 16.5. The quantitative estimate of drug-likeness (QED) is 0.861. The van der Waals surface area contributed by atoms with E-state index in [1.54, 1.807) is 11.0 Å². The van der Waals surface area contributed by atoms with Crippen LogP contribution < -0.4 is 0 Å². The summed E-state index contributed by atoms with van der Waals surface area (Å²) in [6.45, 7) is 5.22. The first kappa shape index (κ1) is 13.5. The summed E-state index contributed by atoms with van der Waals surface area (Å²) in [7, 11) is 0. The highest BCUT2D eigenvalue weighted by Gasteiger charge is 2.38. The van der Waals surface area contributed by atoms with Gasteiger partial charge in [-0.3, -0.25) is 4.79 Å². The lowest BCUT2D eigenvalue weighted by Crippen LogP contribution is -2.48. The van der Waals surface area contributed by atoms with Crippen molar-refractivity contribution in [3.8, 4) is 0 Å². The van der Waals surface area contributed by atoms with Crippen molar-refractivity contribution in [3.63, 3.8) is 0 Å². The van der Waals surface area contributed by atoms with E-state index >= 15 is 0 Å². The SMILES string of the molecule is CC(C)c1noc(C2CN(C(=O)c3cc(C4CC4)on3)C2)n1. The first-order chi connectivity index (χ1) is 10.6. The monoisotopic (exact) mass is 302 g/mol. The average molecular weight is 302 g/mol. The average Bonchev–Trinajstić information content (AvgIpc) is 3.00. The Morgan fingerprint density at radius 3 is 2.64 bits per heavy atom. The fraction of sp³-hybridized carbons (Fsp3) is 0.600. The standard InChI is InChI=1S/C15H18N4O3/c1-8(2)13-16-14(22-18-13)10-6-19(7-10)15(20)11-5-12(21-17-11)9-3-4-9/h5,8-10H,3-4,6-7H2,1-2H3. The van der Waals surface area contributed by atoms with E-state index in [0.717, 1.165) is 18.6 Å². The maximum absolute atomic E-state index is 12.3. The molecule has 0 bridgehead atoms. The maximum Gasteiger partial charge on any atom is 0.276 e. The molecule has 2 aliphatic rings. The minimum Gasteiger partial charge on any atom is -0.360 e. The zero-order chi connectivity index (χ0) is 15.3. The Bertz CT molecular complexity index is 695. The Labute approximate surface area is 127 Å². The van der Waals surface area contributed by atoms with E-state index in [-0.39, 0.29) is 17.7 Å². The van der Waals surface area contributed by atoms with E-state index in [1.807, 2.05) is 13.8 Å². The van der Waals surface area contributed by atoms with E-state index in [4.69, 9.17) is 9.05 Å². The van der Waals surface area contributed by atoms with Crippen LogP contribution in [-0.2, 0) is 0 Å². The van der Waals surface area contributed by atoms with Crippen molar-refractivity contribution >= 4 is 5.91 Å². The second-order valence-corrected chi connectivity index (χ2v) is 6.44. The molecule has 7 nitrogen and oxygen atoms in total. The van der Waals surface area contributed by atoms with Gasteiger partial charge in [-0.05, 0) is 12.8 Å². The normalized spacial score (nSPS) is 18.8. The molecule has 0 aromatic carbocycles. The molecule has 1 aliphatic carbocycles. The molecule has 0 unspecified atom stereocenters. The molecule has 0 spiro atoms. The summed E-state index contributed by atoms with van der Waals surface area (Å²) in [5, 5.41) is 7.85. The van der Waals surface area contributed by atoms with Gasteiger partial charge in [0.25, 0.3) is 5.91 Å². The fourth-order valence-electron chi connectivity index (χ4n) is 2.56. The molecule has 1 aliphatic heterocycles. The lowest BCUT2D eigenvalue weighted by Gasteiger charge is -2.36. The molecule has 2 aromatic rings. The van der Waals surface area contributed by atoms with Gasteiger partial charge in [0, 0.05) is 31.0 Å². The maximum atomic E-state index is 12.3. The van der Waals surface area contributed by atoms with E-state index in [0.29, 0.717) is 36.4 Å². The summed E-state index contributed by atoms with van der Waals surface area (Å²) in [6.07, 6.45) is 2.26. The molecular formula is C15H18N4O3. The number of amides is 1. The molecule has 116 valence electrons. The van der Waals surface area contributed by atoms with Crippen molar-refractivity contribution in [2.75, 3.05) is 13.1 Å². The Morgan fingerprint density at radius 1 is 1.23 bits per heavy atom. The molecule has 2 aromatic heterocycles. The molecule has 2 fully saturated rings. The van der Waals surface area contributed by atoms with Crippen LogP contribution in [0.5, 0.6) is 0 Å². The van der Waals surface area contributed by atoms with Crippen LogP contribution >= 0.6 is 0 Å². The summed E-state index contributed by atoms with van der Waals surface area (Å²) >= 11 is 0. The van der Waals surface area contributed by atoms with Gasteiger partial charge in [-0.15, -0.1) is 0 Å². The Kier molecular flexibility index (Phi) is 3.02. The van der Waals surface area contributed by atoms with Crippen LogP contribution in [0.1, 0.15) is 72.4 Å². The molecule has 4 rings (SSSR count). The zero-order valence-electron chi connectivity index (χ0n) is 12.7. The van der Waals surface area contributed by atoms with Crippen molar-refractivity contribution in [2.24, 2.45) is 0 Å². The lowest BCUT2D eigenvalue weighted by atomic mass is 9.99. The largest absolute Gasteiger partial charge is 0.360 e. The minimum atomic E-state index is -0.0875.